The van der Waals surface area contributed by atoms with Crippen molar-refractivity contribution in [2.24, 2.45) is 0 Å². The average molecular weight is 296 g/mol. The van der Waals surface area contributed by atoms with Gasteiger partial charge in [-0.1, -0.05) is 48.2 Å². The van der Waals surface area contributed by atoms with Crippen LogP contribution in [0.2, 0.25) is 0 Å². The van der Waals surface area contributed by atoms with Gasteiger partial charge in [-0.25, -0.2) is 4.98 Å². The van der Waals surface area contributed by atoms with Crippen LogP contribution >= 0.6 is 11.8 Å². The molecule has 3 aromatic rings. The maximum absolute atomic E-state index is 4.38. The summed E-state index contributed by atoms with van der Waals surface area (Å²) in [5.41, 5.74) is 2.23. The topological polar surface area (TPSA) is 43.1 Å². The van der Waals surface area contributed by atoms with Crippen molar-refractivity contribution in [2.45, 2.75) is 23.6 Å². The predicted octanol–water partition coefficient (Wildman–Crippen LogP) is 3.84. The first-order valence-corrected chi connectivity index (χ1v) is 7.66. The fraction of sp³-hybridized carbons (Fsp3) is 0.188. The van der Waals surface area contributed by atoms with Gasteiger partial charge in [-0.05, 0) is 25.0 Å². The Morgan fingerprint density at radius 2 is 2.14 bits per heavy atom. The van der Waals surface area contributed by atoms with E-state index >= 15 is 0 Å². The molecule has 0 aliphatic carbocycles. The van der Waals surface area contributed by atoms with Gasteiger partial charge in [-0.2, -0.15) is 14.6 Å². The van der Waals surface area contributed by atoms with E-state index in [2.05, 4.69) is 45.9 Å². The quantitative estimate of drug-likeness (QED) is 0.407. The fourth-order valence-electron chi connectivity index (χ4n) is 2.20. The first-order chi connectivity index (χ1) is 10.3. The molecule has 4 nitrogen and oxygen atoms in total. The second-order valence-corrected chi connectivity index (χ2v) is 5.97. The summed E-state index contributed by atoms with van der Waals surface area (Å²) in [4.78, 5) is 8.55. The predicted molar refractivity (Wildman–Crippen MR) is 85.4 cm³/mol. The lowest BCUT2D eigenvalue weighted by molar-refractivity contribution is 0.826. The highest BCUT2D eigenvalue weighted by molar-refractivity contribution is 7.99. The Morgan fingerprint density at radius 3 is 2.90 bits per heavy atom. The third-order valence-electron chi connectivity index (χ3n) is 3.16. The van der Waals surface area contributed by atoms with Crippen LogP contribution in [0.3, 0.4) is 0 Å². The molecule has 0 spiro atoms. The van der Waals surface area contributed by atoms with Gasteiger partial charge >= 0.3 is 0 Å². The van der Waals surface area contributed by atoms with Gasteiger partial charge in [0.15, 0.2) is 0 Å². The Labute approximate surface area is 127 Å². The van der Waals surface area contributed by atoms with Crippen LogP contribution in [0.25, 0.3) is 5.78 Å². The van der Waals surface area contributed by atoms with Gasteiger partial charge in [0.25, 0.3) is 5.78 Å². The van der Waals surface area contributed by atoms with E-state index in [-0.39, 0.29) is 0 Å². The summed E-state index contributed by atoms with van der Waals surface area (Å²) in [6.45, 7) is 5.85. The SMILES string of the molecule is C=CCC(Sc1cc(C)nc2ncnn12)c1ccccc1. The number of aryl methyl sites for hydroxylation is 1. The largest absolute Gasteiger partial charge is 0.253 e. The second-order valence-electron chi connectivity index (χ2n) is 4.75. The molecular formula is C16H16N4S. The Morgan fingerprint density at radius 1 is 1.33 bits per heavy atom. The molecule has 2 heterocycles. The summed E-state index contributed by atoms with van der Waals surface area (Å²) >= 11 is 1.76. The van der Waals surface area contributed by atoms with Crippen LogP contribution in [-0.4, -0.2) is 19.6 Å². The third kappa shape index (κ3) is 2.97. The van der Waals surface area contributed by atoms with Crippen molar-refractivity contribution < 1.29 is 0 Å². The van der Waals surface area contributed by atoms with Crippen molar-refractivity contribution in [3.05, 3.63) is 66.6 Å². The molecule has 106 valence electrons. The Kier molecular flexibility index (Phi) is 4.01. The number of thioether (sulfide) groups is 1. The van der Waals surface area contributed by atoms with Crippen LogP contribution in [-0.2, 0) is 0 Å². The summed E-state index contributed by atoms with van der Waals surface area (Å²) in [6.07, 6.45) is 4.39. The van der Waals surface area contributed by atoms with Gasteiger partial charge in [0, 0.05) is 10.9 Å². The molecule has 0 bridgehead atoms. The summed E-state index contributed by atoms with van der Waals surface area (Å²) in [5, 5.41) is 5.61. The summed E-state index contributed by atoms with van der Waals surface area (Å²) < 4.78 is 1.79. The van der Waals surface area contributed by atoms with E-state index in [1.807, 2.05) is 25.1 Å². The number of nitrogens with zero attached hydrogens (tertiary/aromatic N) is 4. The molecule has 0 aliphatic heterocycles. The van der Waals surface area contributed by atoms with Crippen molar-refractivity contribution in [3.63, 3.8) is 0 Å². The van der Waals surface area contributed by atoms with Crippen LogP contribution in [0.1, 0.15) is 22.9 Å². The smallest absolute Gasteiger partial charge is 0.216 e. The minimum Gasteiger partial charge on any atom is -0.216 e. The number of fused-ring (bicyclic) bond motifs is 1. The molecule has 0 radical (unpaired) electrons. The Balaban J connectivity index is 1.98. The number of rotatable bonds is 5. The lowest BCUT2D eigenvalue weighted by atomic mass is 10.1. The van der Waals surface area contributed by atoms with E-state index in [0.29, 0.717) is 11.0 Å². The minimum absolute atomic E-state index is 0.304. The molecule has 0 amide bonds. The van der Waals surface area contributed by atoms with E-state index < -0.39 is 0 Å². The van der Waals surface area contributed by atoms with Crippen LogP contribution < -0.4 is 0 Å². The molecule has 2 aromatic heterocycles. The second kappa shape index (κ2) is 6.10. The molecule has 0 aliphatic rings. The number of aromatic nitrogens is 4. The molecule has 1 unspecified atom stereocenters. The molecule has 3 rings (SSSR count). The standard InChI is InChI=1S/C16H16N4S/c1-3-7-14(13-8-5-4-6-9-13)21-15-10-12(2)19-16-17-11-18-20(15)16/h3-6,8-11,14H,1,7H2,2H3. The third-order valence-corrected chi connectivity index (χ3v) is 4.44. The molecule has 1 atom stereocenters. The molecule has 0 N–H and O–H groups in total. The normalized spacial score (nSPS) is 12.4. The van der Waals surface area contributed by atoms with Gasteiger partial charge in [0.2, 0.25) is 0 Å². The van der Waals surface area contributed by atoms with Crippen LogP contribution in [0.4, 0.5) is 0 Å². The zero-order valence-corrected chi connectivity index (χ0v) is 12.6. The molecule has 0 fully saturated rings. The molecule has 0 saturated heterocycles. The van der Waals surface area contributed by atoms with Gasteiger partial charge in [0.1, 0.15) is 11.4 Å². The van der Waals surface area contributed by atoms with E-state index in [1.54, 1.807) is 16.3 Å². The monoisotopic (exact) mass is 296 g/mol. The van der Waals surface area contributed by atoms with Crippen molar-refractivity contribution in [1.82, 2.24) is 19.6 Å². The maximum Gasteiger partial charge on any atom is 0.253 e. The van der Waals surface area contributed by atoms with E-state index in [9.17, 15) is 0 Å². The Bertz CT molecular complexity index is 751. The van der Waals surface area contributed by atoms with Crippen LogP contribution in [0.15, 0.2) is 60.4 Å². The van der Waals surface area contributed by atoms with Gasteiger partial charge in [-0.3, -0.25) is 0 Å². The number of benzene rings is 1. The molecule has 1 aromatic carbocycles. The van der Waals surface area contributed by atoms with Crippen molar-refractivity contribution >= 4 is 17.5 Å². The van der Waals surface area contributed by atoms with E-state index in [4.69, 9.17) is 0 Å². The first-order valence-electron chi connectivity index (χ1n) is 6.78. The average Bonchev–Trinajstić information content (AvgIpc) is 2.96. The van der Waals surface area contributed by atoms with Crippen molar-refractivity contribution in [2.75, 3.05) is 0 Å². The number of hydrogen-bond donors (Lipinski definition) is 0. The van der Waals surface area contributed by atoms with E-state index in [1.165, 1.54) is 11.9 Å². The maximum atomic E-state index is 4.38. The summed E-state index contributed by atoms with van der Waals surface area (Å²) in [5.74, 6) is 0.642. The van der Waals surface area contributed by atoms with Gasteiger partial charge in [-0.15, -0.1) is 6.58 Å². The molecule has 21 heavy (non-hydrogen) atoms. The molecule has 0 saturated carbocycles. The highest BCUT2D eigenvalue weighted by Gasteiger charge is 2.15. The molecule has 5 heteroatoms. The van der Waals surface area contributed by atoms with Crippen molar-refractivity contribution in [3.8, 4) is 0 Å². The van der Waals surface area contributed by atoms with Crippen LogP contribution in [0.5, 0.6) is 0 Å². The number of allylic oxidation sites excluding steroid dienone is 1. The van der Waals surface area contributed by atoms with E-state index in [0.717, 1.165) is 17.1 Å². The Hall–Kier alpha value is -2.14. The first kappa shape index (κ1) is 13.8. The zero-order chi connectivity index (χ0) is 14.7. The highest BCUT2D eigenvalue weighted by Crippen LogP contribution is 2.37. The van der Waals surface area contributed by atoms with Gasteiger partial charge in [0.05, 0.1) is 0 Å². The summed E-state index contributed by atoms with van der Waals surface area (Å²) in [7, 11) is 0. The minimum atomic E-state index is 0.304. The van der Waals surface area contributed by atoms with Crippen molar-refractivity contribution in [1.29, 1.82) is 0 Å². The number of hydrogen-bond acceptors (Lipinski definition) is 4. The lowest BCUT2D eigenvalue weighted by Crippen LogP contribution is -2.00. The fourth-order valence-corrected chi connectivity index (χ4v) is 3.48. The van der Waals surface area contributed by atoms with Gasteiger partial charge < -0.3 is 0 Å². The lowest BCUT2D eigenvalue weighted by Gasteiger charge is -2.15. The highest BCUT2D eigenvalue weighted by atomic mass is 32.2. The summed E-state index contributed by atoms with van der Waals surface area (Å²) in [6, 6.07) is 12.5. The van der Waals surface area contributed by atoms with Crippen LogP contribution in [0, 0.1) is 6.92 Å². The zero-order valence-electron chi connectivity index (χ0n) is 11.8. The molecular weight excluding hydrogens is 280 g/mol.